The molecular formula is C8H13BrO7. The van der Waals surface area contributed by atoms with Crippen molar-refractivity contribution in [2.24, 2.45) is 0 Å². The van der Waals surface area contributed by atoms with Crippen molar-refractivity contribution in [1.82, 2.24) is 0 Å². The molecule has 0 bridgehead atoms. The van der Waals surface area contributed by atoms with Crippen LogP contribution in [0.15, 0.2) is 0 Å². The first-order valence-electron chi connectivity index (χ1n) is 4.35. The van der Waals surface area contributed by atoms with Crippen LogP contribution < -0.4 is 0 Å². The van der Waals surface area contributed by atoms with Gasteiger partial charge in [-0.1, -0.05) is 0 Å². The molecule has 0 radical (unpaired) electrons. The minimum Gasteiger partial charge on any atom is -0.394 e. The third-order valence-corrected chi connectivity index (χ3v) is 2.18. The number of carbonyl (C=O) groups is 2. The highest BCUT2D eigenvalue weighted by Crippen LogP contribution is 2.08. The van der Waals surface area contributed by atoms with E-state index in [0.717, 1.165) is 0 Å². The Morgan fingerprint density at radius 1 is 1.06 bits per heavy atom. The summed E-state index contributed by atoms with van der Waals surface area (Å²) in [7, 11) is 0. The summed E-state index contributed by atoms with van der Waals surface area (Å²) < 4.78 is -0.680. The summed E-state index contributed by atoms with van der Waals surface area (Å²) in [6.07, 6.45) is -8.19. The van der Waals surface area contributed by atoms with Crippen LogP contribution in [0.1, 0.15) is 6.42 Å². The first-order valence-corrected chi connectivity index (χ1v) is 5.14. The molecule has 0 aliphatic heterocycles. The normalized spacial score (nSPS) is 18.6. The van der Waals surface area contributed by atoms with Crippen LogP contribution in [0.3, 0.4) is 0 Å². The summed E-state index contributed by atoms with van der Waals surface area (Å²) >= 11 is 2.47. The maximum absolute atomic E-state index is 11.1. The number of aliphatic hydroxyl groups is 5. The molecule has 0 spiro atoms. The van der Waals surface area contributed by atoms with Gasteiger partial charge in [0.2, 0.25) is 4.69 Å². The second kappa shape index (κ2) is 7.05. The second-order valence-electron chi connectivity index (χ2n) is 3.17. The fourth-order valence-corrected chi connectivity index (χ4v) is 1.23. The van der Waals surface area contributed by atoms with E-state index in [-0.39, 0.29) is 0 Å². The SMILES string of the molecule is O=C(Br)CC(=O)[C@H](O)[C@@H](O)[C@@H](O)[C@H](O)CO. The van der Waals surface area contributed by atoms with Crippen LogP contribution in [0.5, 0.6) is 0 Å². The lowest BCUT2D eigenvalue weighted by atomic mass is 9.99. The molecule has 0 aromatic carbocycles. The van der Waals surface area contributed by atoms with E-state index in [1.165, 1.54) is 0 Å². The molecule has 94 valence electrons. The average molecular weight is 301 g/mol. The Morgan fingerprint density at radius 2 is 1.56 bits per heavy atom. The van der Waals surface area contributed by atoms with E-state index in [4.69, 9.17) is 10.2 Å². The molecule has 0 rings (SSSR count). The van der Waals surface area contributed by atoms with Crippen LogP contribution in [-0.4, -0.2) is 67.0 Å². The van der Waals surface area contributed by atoms with E-state index in [2.05, 4.69) is 15.9 Å². The fraction of sp³-hybridized carbons (Fsp3) is 0.750. The molecule has 0 aliphatic rings. The van der Waals surface area contributed by atoms with E-state index < -0.39 is 47.9 Å². The Balaban J connectivity index is 4.42. The Bertz CT molecular complexity index is 257. The Morgan fingerprint density at radius 3 is 1.94 bits per heavy atom. The number of halogens is 1. The van der Waals surface area contributed by atoms with Crippen LogP contribution in [0.2, 0.25) is 0 Å². The van der Waals surface area contributed by atoms with Gasteiger partial charge >= 0.3 is 0 Å². The lowest BCUT2D eigenvalue weighted by molar-refractivity contribution is -0.147. The van der Waals surface area contributed by atoms with Crippen LogP contribution in [0, 0.1) is 0 Å². The van der Waals surface area contributed by atoms with Gasteiger partial charge < -0.3 is 25.5 Å². The maximum Gasteiger partial charge on any atom is 0.205 e. The fourth-order valence-electron chi connectivity index (χ4n) is 0.954. The van der Waals surface area contributed by atoms with Gasteiger partial charge in [0, 0.05) is 0 Å². The lowest BCUT2D eigenvalue weighted by Crippen LogP contribution is -2.48. The molecular weight excluding hydrogens is 288 g/mol. The molecule has 0 fully saturated rings. The molecule has 0 amide bonds. The molecule has 0 unspecified atom stereocenters. The number of Topliss-reactive ketones (excluding diaryl/α,β-unsaturated/α-hetero) is 1. The van der Waals surface area contributed by atoms with Crippen molar-refractivity contribution < 1.29 is 35.1 Å². The summed E-state index contributed by atoms with van der Waals surface area (Å²) in [5.41, 5.74) is 0. The number of rotatable bonds is 7. The van der Waals surface area contributed by atoms with Crippen molar-refractivity contribution in [3.8, 4) is 0 Å². The topological polar surface area (TPSA) is 135 Å². The number of hydrogen-bond donors (Lipinski definition) is 5. The van der Waals surface area contributed by atoms with E-state index >= 15 is 0 Å². The Hall–Kier alpha value is -0.380. The summed E-state index contributed by atoms with van der Waals surface area (Å²) in [5, 5.41) is 45.1. The second-order valence-corrected chi connectivity index (χ2v) is 4.06. The smallest absolute Gasteiger partial charge is 0.205 e. The van der Waals surface area contributed by atoms with Gasteiger partial charge in [-0.05, 0) is 15.9 Å². The summed E-state index contributed by atoms with van der Waals surface area (Å²) in [6.45, 7) is -0.837. The van der Waals surface area contributed by atoms with Crippen LogP contribution >= 0.6 is 15.9 Å². The number of carbonyl (C=O) groups excluding carboxylic acids is 2. The minimum atomic E-state index is -2.00. The number of hydrogen-bond acceptors (Lipinski definition) is 7. The Labute approximate surface area is 99.5 Å². The molecule has 0 saturated carbocycles. The summed E-state index contributed by atoms with van der Waals surface area (Å²) in [5.74, 6) is -1.00. The molecule has 0 aromatic rings. The largest absolute Gasteiger partial charge is 0.394 e. The van der Waals surface area contributed by atoms with Gasteiger partial charge in [0.25, 0.3) is 0 Å². The highest BCUT2D eigenvalue weighted by atomic mass is 79.9. The first kappa shape index (κ1) is 15.6. The molecule has 16 heavy (non-hydrogen) atoms. The van der Waals surface area contributed by atoms with Gasteiger partial charge in [-0.15, -0.1) is 0 Å². The van der Waals surface area contributed by atoms with E-state index in [1.807, 2.05) is 0 Å². The summed E-state index contributed by atoms with van der Waals surface area (Å²) in [4.78, 5) is 21.6. The van der Waals surface area contributed by atoms with E-state index in [1.54, 1.807) is 0 Å². The van der Waals surface area contributed by atoms with Crippen molar-refractivity contribution in [2.45, 2.75) is 30.8 Å². The lowest BCUT2D eigenvalue weighted by Gasteiger charge is -2.24. The maximum atomic E-state index is 11.1. The molecule has 0 saturated heterocycles. The van der Waals surface area contributed by atoms with Crippen molar-refractivity contribution in [3.63, 3.8) is 0 Å². The molecule has 0 aliphatic carbocycles. The summed E-state index contributed by atoms with van der Waals surface area (Å²) in [6, 6.07) is 0. The van der Waals surface area contributed by atoms with Crippen molar-refractivity contribution >= 4 is 26.4 Å². The molecule has 5 N–H and O–H groups in total. The van der Waals surface area contributed by atoms with Gasteiger partial charge in [-0.3, -0.25) is 9.59 Å². The van der Waals surface area contributed by atoms with Crippen molar-refractivity contribution in [2.75, 3.05) is 6.61 Å². The van der Waals surface area contributed by atoms with Gasteiger partial charge in [-0.2, -0.15) is 0 Å². The van der Waals surface area contributed by atoms with Crippen LogP contribution in [0.25, 0.3) is 0 Å². The van der Waals surface area contributed by atoms with E-state index in [0.29, 0.717) is 0 Å². The van der Waals surface area contributed by atoms with Crippen LogP contribution in [0.4, 0.5) is 0 Å². The number of ketones is 1. The van der Waals surface area contributed by atoms with Gasteiger partial charge in [-0.25, -0.2) is 0 Å². The zero-order chi connectivity index (χ0) is 12.9. The van der Waals surface area contributed by atoms with E-state index in [9.17, 15) is 24.9 Å². The van der Waals surface area contributed by atoms with Gasteiger partial charge in [0.1, 0.15) is 24.4 Å². The third kappa shape index (κ3) is 4.64. The van der Waals surface area contributed by atoms with Crippen molar-refractivity contribution in [3.05, 3.63) is 0 Å². The third-order valence-electron chi connectivity index (χ3n) is 1.90. The first-order chi connectivity index (χ1) is 7.31. The Kier molecular flexibility index (Phi) is 6.88. The predicted octanol–water partition coefficient (Wildman–Crippen LogP) is -2.70. The monoisotopic (exact) mass is 300 g/mol. The zero-order valence-electron chi connectivity index (χ0n) is 8.15. The standard InChI is InChI=1S/C8H13BrO7/c9-5(13)1-3(11)6(14)8(16)7(15)4(12)2-10/h4,6-8,10,12,14-16H,1-2H2/t4-,6+,7+,8-/m1/s1. The molecule has 4 atom stereocenters. The zero-order valence-corrected chi connectivity index (χ0v) is 9.74. The molecule has 7 nitrogen and oxygen atoms in total. The molecule has 0 heterocycles. The minimum absolute atomic E-state index is 0.653. The molecule has 0 aromatic heterocycles. The van der Waals surface area contributed by atoms with Crippen molar-refractivity contribution in [1.29, 1.82) is 0 Å². The highest BCUT2D eigenvalue weighted by Gasteiger charge is 2.34. The highest BCUT2D eigenvalue weighted by molar-refractivity contribution is 9.18. The predicted molar refractivity (Wildman–Crippen MR) is 54.7 cm³/mol. The van der Waals surface area contributed by atoms with Gasteiger partial charge in [0.15, 0.2) is 5.78 Å². The number of aliphatic hydroxyl groups excluding tert-OH is 5. The van der Waals surface area contributed by atoms with Crippen LogP contribution in [-0.2, 0) is 9.59 Å². The quantitative estimate of drug-likeness (QED) is 0.255. The average Bonchev–Trinajstić information content (AvgIpc) is 2.23. The molecule has 8 heteroatoms. The van der Waals surface area contributed by atoms with Gasteiger partial charge in [0.05, 0.1) is 13.0 Å².